The zero-order chi connectivity index (χ0) is 20.6. The Hall–Kier alpha value is -1.72. The first-order valence-electron chi connectivity index (χ1n) is 12.2. The highest BCUT2D eigenvalue weighted by molar-refractivity contribution is 5.21. The number of rotatable bonds is 4. The summed E-state index contributed by atoms with van der Waals surface area (Å²) in [7, 11) is 0. The smallest absolute Gasteiger partial charge is 0.114 e. The van der Waals surface area contributed by atoms with Gasteiger partial charge in [-0.05, 0) is 55.1 Å². The molecule has 0 saturated carbocycles. The second-order valence-electron chi connectivity index (χ2n) is 9.82. The van der Waals surface area contributed by atoms with Gasteiger partial charge in [0.2, 0.25) is 0 Å². The van der Waals surface area contributed by atoms with Gasteiger partial charge in [-0.15, -0.1) is 0 Å². The molecule has 4 aliphatic heterocycles. The molecule has 4 nitrogen and oxygen atoms in total. The van der Waals surface area contributed by atoms with Gasteiger partial charge < -0.3 is 9.47 Å². The molecule has 6 rings (SSSR count). The lowest BCUT2D eigenvalue weighted by Crippen LogP contribution is -2.47. The maximum absolute atomic E-state index is 6.45. The van der Waals surface area contributed by atoms with Crippen molar-refractivity contribution in [2.75, 3.05) is 26.3 Å². The average molecular weight is 419 g/mol. The summed E-state index contributed by atoms with van der Waals surface area (Å²) in [4.78, 5) is 5.29. The van der Waals surface area contributed by atoms with Crippen molar-refractivity contribution in [1.82, 2.24) is 9.80 Å². The summed E-state index contributed by atoms with van der Waals surface area (Å²) >= 11 is 0. The van der Waals surface area contributed by atoms with Crippen LogP contribution in [0.1, 0.15) is 55.3 Å². The van der Waals surface area contributed by atoms with Gasteiger partial charge in [0, 0.05) is 13.1 Å². The van der Waals surface area contributed by atoms with E-state index in [1.807, 2.05) is 0 Å². The first-order chi connectivity index (χ1) is 15.4. The molecule has 0 spiro atoms. The molecule has 2 aromatic rings. The van der Waals surface area contributed by atoms with Gasteiger partial charge >= 0.3 is 0 Å². The first kappa shape index (κ1) is 19.9. The average Bonchev–Trinajstić information content (AvgIpc) is 3.46. The highest BCUT2D eigenvalue weighted by atomic mass is 16.5. The van der Waals surface area contributed by atoms with Crippen LogP contribution in [-0.4, -0.2) is 48.6 Å². The van der Waals surface area contributed by atoms with Gasteiger partial charge in [0.25, 0.3) is 0 Å². The summed E-state index contributed by atoms with van der Waals surface area (Å²) < 4.78 is 12.9. The number of piperidine rings is 2. The van der Waals surface area contributed by atoms with Crippen LogP contribution in [0.2, 0.25) is 0 Å². The molecule has 0 aromatic heterocycles. The fourth-order valence-corrected chi connectivity index (χ4v) is 6.64. The van der Waals surface area contributed by atoms with Gasteiger partial charge in [0.15, 0.2) is 0 Å². The van der Waals surface area contributed by atoms with Gasteiger partial charge in [-0.2, -0.15) is 0 Å². The van der Waals surface area contributed by atoms with Gasteiger partial charge in [0.05, 0.1) is 25.3 Å². The molecule has 4 heterocycles. The molecule has 4 aliphatic rings. The molecule has 164 valence electrons. The lowest BCUT2D eigenvalue weighted by molar-refractivity contribution is -0.0834. The standard InChI is InChI=1S/C27H34N2O2/c1-3-9-20(10-4-1)24-18-30-26-22(13-7-15-28(24)26)17-23-14-8-16-29-25(19-31-27(23)29)21-11-5-2-6-12-21/h1-6,9-12,22-27H,7-8,13-19H2/t22-,23-,24+,25+,26-,27-/m1/s1. The molecule has 4 heteroatoms. The minimum atomic E-state index is 0.278. The SMILES string of the molecule is c1ccc([C@@H]2CO[C@@H]3[C@@H](C[C@H]4CCCN5[C@@H]4OC[C@H]5c4ccccc4)CCCN32)cc1. The van der Waals surface area contributed by atoms with E-state index in [1.54, 1.807) is 0 Å². The molecular weight excluding hydrogens is 384 g/mol. The van der Waals surface area contributed by atoms with Gasteiger partial charge in [-0.1, -0.05) is 60.7 Å². The van der Waals surface area contributed by atoms with E-state index in [1.165, 1.54) is 43.2 Å². The van der Waals surface area contributed by atoms with Crippen LogP contribution in [-0.2, 0) is 9.47 Å². The van der Waals surface area contributed by atoms with Crippen LogP contribution in [0.25, 0.3) is 0 Å². The third kappa shape index (κ3) is 3.74. The molecule has 4 saturated heterocycles. The van der Waals surface area contributed by atoms with Crippen LogP contribution in [0.15, 0.2) is 60.7 Å². The van der Waals surface area contributed by atoms with Crippen LogP contribution in [0, 0.1) is 11.8 Å². The van der Waals surface area contributed by atoms with Crippen molar-refractivity contribution in [2.24, 2.45) is 11.8 Å². The molecule has 6 atom stereocenters. The molecule has 0 bridgehead atoms. The third-order valence-corrected chi connectivity index (χ3v) is 8.07. The number of fused-ring (bicyclic) bond motifs is 2. The third-order valence-electron chi connectivity index (χ3n) is 8.07. The van der Waals surface area contributed by atoms with Gasteiger partial charge in [0.1, 0.15) is 12.5 Å². The molecule has 0 N–H and O–H groups in total. The van der Waals surface area contributed by atoms with E-state index in [-0.39, 0.29) is 12.5 Å². The fourth-order valence-electron chi connectivity index (χ4n) is 6.64. The van der Waals surface area contributed by atoms with Crippen molar-refractivity contribution in [2.45, 2.75) is 56.6 Å². The normalized spacial score (nSPS) is 36.3. The summed E-state index contributed by atoms with van der Waals surface area (Å²) in [6.45, 7) is 3.98. The van der Waals surface area contributed by atoms with E-state index in [0.717, 1.165) is 26.3 Å². The van der Waals surface area contributed by atoms with Crippen molar-refractivity contribution in [3.8, 4) is 0 Å². The first-order valence-corrected chi connectivity index (χ1v) is 12.2. The quantitative estimate of drug-likeness (QED) is 0.698. The van der Waals surface area contributed by atoms with E-state index in [4.69, 9.17) is 9.47 Å². The van der Waals surface area contributed by atoms with Gasteiger partial charge in [-0.25, -0.2) is 0 Å². The van der Waals surface area contributed by atoms with Crippen LogP contribution in [0.4, 0.5) is 0 Å². The Morgan fingerprint density at radius 2 is 1.10 bits per heavy atom. The Labute approximate surface area is 186 Å². The summed E-state index contributed by atoms with van der Waals surface area (Å²) in [5, 5.41) is 0. The number of benzene rings is 2. The van der Waals surface area contributed by atoms with Crippen molar-refractivity contribution < 1.29 is 9.47 Å². The molecule has 4 fully saturated rings. The highest BCUT2D eigenvalue weighted by Gasteiger charge is 2.46. The Bertz CT molecular complexity index is 789. The molecule has 0 amide bonds. The molecule has 0 radical (unpaired) electrons. The zero-order valence-corrected chi connectivity index (χ0v) is 18.3. The molecule has 31 heavy (non-hydrogen) atoms. The Morgan fingerprint density at radius 3 is 1.55 bits per heavy atom. The maximum Gasteiger partial charge on any atom is 0.114 e. The predicted octanol–water partition coefficient (Wildman–Crippen LogP) is 5.00. The number of ether oxygens (including phenoxy) is 2. The van der Waals surface area contributed by atoms with Crippen LogP contribution < -0.4 is 0 Å². The number of hydrogen-bond acceptors (Lipinski definition) is 4. The second-order valence-corrected chi connectivity index (χ2v) is 9.82. The Morgan fingerprint density at radius 1 is 0.645 bits per heavy atom. The fraction of sp³-hybridized carbons (Fsp3) is 0.556. The zero-order valence-electron chi connectivity index (χ0n) is 18.3. The molecule has 2 aromatic carbocycles. The number of nitrogens with zero attached hydrogens (tertiary/aromatic N) is 2. The highest BCUT2D eigenvalue weighted by Crippen LogP contribution is 2.45. The largest absolute Gasteiger partial charge is 0.361 e. The van der Waals surface area contributed by atoms with Crippen molar-refractivity contribution in [3.63, 3.8) is 0 Å². The topological polar surface area (TPSA) is 24.9 Å². The van der Waals surface area contributed by atoms with E-state index >= 15 is 0 Å². The predicted molar refractivity (Wildman–Crippen MR) is 121 cm³/mol. The van der Waals surface area contributed by atoms with Crippen molar-refractivity contribution in [1.29, 1.82) is 0 Å². The Kier molecular flexibility index (Phi) is 5.57. The second kappa shape index (κ2) is 8.67. The lowest BCUT2D eigenvalue weighted by atomic mass is 9.81. The van der Waals surface area contributed by atoms with Crippen molar-refractivity contribution in [3.05, 3.63) is 71.8 Å². The monoisotopic (exact) mass is 418 g/mol. The van der Waals surface area contributed by atoms with E-state index in [2.05, 4.69) is 70.5 Å². The van der Waals surface area contributed by atoms with E-state index in [0.29, 0.717) is 23.9 Å². The van der Waals surface area contributed by atoms with Crippen LogP contribution in [0.3, 0.4) is 0 Å². The summed E-state index contributed by atoms with van der Waals surface area (Å²) in [6.07, 6.45) is 6.92. The molecule has 0 unspecified atom stereocenters. The summed E-state index contributed by atoms with van der Waals surface area (Å²) in [5.41, 5.74) is 2.80. The van der Waals surface area contributed by atoms with E-state index < -0.39 is 0 Å². The van der Waals surface area contributed by atoms with E-state index in [9.17, 15) is 0 Å². The Balaban J connectivity index is 1.15. The summed E-state index contributed by atoms with van der Waals surface area (Å²) in [5.74, 6) is 1.23. The minimum absolute atomic E-state index is 0.278. The summed E-state index contributed by atoms with van der Waals surface area (Å²) in [6, 6.07) is 22.7. The minimum Gasteiger partial charge on any atom is -0.361 e. The molecular formula is C27H34N2O2. The van der Waals surface area contributed by atoms with Crippen molar-refractivity contribution >= 4 is 0 Å². The lowest BCUT2D eigenvalue weighted by Gasteiger charge is -2.43. The maximum atomic E-state index is 6.45. The molecule has 0 aliphatic carbocycles. The van der Waals surface area contributed by atoms with Crippen LogP contribution >= 0.6 is 0 Å². The van der Waals surface area contributed by atoms with Gasteiger partial charge in [-0.3, -0.25) is 9.80 Å². The van der Waals surface area contributed by atoms with Crippen LogP contribution in [0.5, 0.6) is 0 Å². The number of hydrogen-bond donors (Lipinski definition) is 0.